The van der Waals surface area contributed by atoms with Crippen LogP contribution in [0, 0.1) is 0 Å². The van der Waals surface area contributed by atoms with Gasteiger partial charge in [-0.05, 0) is 28.1 Å². The number of methoxy groups -OCH3 is 1. The molecule has 1 heterocycles. The summed E-state index contributed by atoms with van der Waals surface area (Å²) in [5.41, 5.74) is 6.53. The minimum atomic E-state index is 0.253. The molecule has 0 aliphatic rings. The number of para-hydroxylation sites is 1. The summed E-state index contributed by atoms with van der Waals surface area (Å²) in [5, 5.41) is 4.09. The van der Waals surface area contributed by atoms with Gasteiger partial charge in [0.15, 0.2) is 0 Å². The van der Waals surface area contributed by atoms with Crippen LogP contribution in [0.3, 0.4) is 0 Å². The molecule has 5 nitrogen and oxygen atoms in total. The molecule has 0 aliphatic heterocycles. The van der Waals surface area contributed by atoms with Gasteiger partial charge < -0.3 is 10.5 Å². The van der Waals surface area contributed by atoms with Crippen molar-refractivity contribution in [3.8, 4) is 11.7 Å². The number of hydrogen-bond acceptors (Lipinski definition) is 4. The van der Waals surface area contributed by atoms with Crippen molar-refractivity contribution in [2.24, 2.45) is 0 Å². The molecule has 0 aliphatic carbocycles. The molecule has 1 aromatic carbocycles. The van der Waals surface area contributed by atoms with E-state index in [1.165, 1.54) is 11.8 Å². The van der Waals surface area contributed by atoms with Crippen LogP contribution in [0.15, 0.2) is 28.7 Å². The second-order valence-corrected chi connectivity index (χ2v) is 3.67. The predicted octanol–water partition coefficient (Wildman–Crippen LogP) is 1.62. The number of benzene rings is 1. The molecule has 0 fully saturated rings. The van der Waals surface area contributed by atoms with Gasteiger partial charge in [-0.15, -0.1) is 5.10 Å². The summed E-state index contributed by atoms with van der Waals surface area (Å²) < 4.78 is 7.31. The number of halogens is 1. The molecule has 0 atom stereocenters. The van der Waals surface area contributed by atoms with E-state index >= 15 is 0 Å². The van der Waals surface area contributed by atoms with Gasteiger partial charge in [0.2, 0.25) is 5.95 Å². The number of aromatic nitrogens is 3. The number of nitrogens with zero attached hydrogens (tertiary/aromatic N) is 3. The van der Waals surface area contributed by atoms with E-state index in [1.54, 1.807) is 0 Å². The largest absolute Gasteiger partial charge is 0.466 e. The standard InChI is InChI=1S/C9H9BrN4O/c1-15-9-12-8(11)14(13-9)7-5-3-2-4-6(7)10/h2-5H,1H3,(H2,11,12,13). The van der Waals surface area contributed by atoms with Crippen LogP contribution in [-0.2, 0) is 0 Å². The van der Waals surface area contributed by atoms with Crippen LogP contribution in [0.2, 0.25) is 0 Å². The van der Waals surface area contributed by atoms with Crippen LogP contribution in [0.25, 0.3) is 5.69 Å². The second-order valence-electron chi connectivity index (χ2n) is 2.82. The normalized spacial score (nSPS) is 10.3. The van der Waals surface area contributed by atoms with Crippen molar-refractivity contribution in [2.45, 2.75) is 0 Å². The van der Waals surface area contributed by atoms with Gasteiger partial charge in [-0.2, -0.15) is 9.67 Å². The number of nitrogen functional groups attached to an aromatic ring is 1. The molecule has 0 unspecified atom stereocenters. The third-order valence-electron chi connectivity index (χ3n) is 1.88. The lowest BCUT2D eigenvalue weighted by Crippen LogP contribution is -2.02. The molecule has 1 aromatic heterocycles. The molecule has 0 radical (unpaired) electrons. The number of ether oxygens (including phenoxy) is 1. The Labute approximate surface area is 95.0 Å². The van der Waals surface area contributed by atoms with Crippen LogP contribution in [0.1, 0.15) is 0 Å². The minimum Gasteiger partial charge on any atom is -0.466 e. The number of rotatable bonds is 2. The van der Waals surface area contributed by atoms with E-state index in [2.05, 4.69) is 26.0 Å². The van der Waals surface area contributed by atoms with Gasteiger partial charge in [0.05, 0.1) is 12.8 Å². The number of anilines is 1. The van der Waals surface area contributed by atoms with Crippen LogP contribution in [0.5, 0.6) is 6.01 Å². The van der Waals surface area contributed by atoms with Crippen molar-refractivity contribution >= 4 is 21.9 Å². The van der Waals surface area contributed by atoms with Crippen molar-refractivity contribution in [1.82, 2.24) is 14.8 Å². The van der Waals surface area contributed by atoms with Gasteiger partial charge in [-0.25, -0.2) is 0 Å². The van der Waals surface area contributed by atoms with E-state index in [9.17, 15) is 0 Å². The SMILES string of the molecule is COc1nc(N)n(-c2ccccc2Br)n1. The Morgan fingerprint density at radius 3 is 2.73 bits per heavy atom. The second kappa shape index (κ2) is 3.90. The summed E-state index contributed by atoms with van der Waals surface area (Å²) in [6.07, 6.45) is 0. The van der Waals surface area contributed by atoms with Crippen molar-refractivity contribution in [3.63, 3.8) is 0 Å². The average Bonchev–Trinajstić information content (AvgIpc) is 2.60. The van der Waals surface area contributed by atoms with Crippen LogP contribution in [0.4, 0.5) is 5.95 Å². The van der Waals surface area contributed by atoms with Crippen LogP contribution < -0.4 is 10.5 Å². The molecular formula is C9H9BrN4O. The maximum Gasteiger partial charge on any atom is 0.337 e. The minimum absolute atomic E-state index is 0.253. The maximum absolute atomic E-state index is 5.71. The predicted molar refractivity (Wildman–Crippen MR) is 60.0 cm³/mol. The third-order valence-corrected chi connectivity index (χ3v) is 2.55. The summed E-state index contributed by atoms with van der Waals surface area (Å²) >= 11 is 3.41. The van der Waals surface area contributed by atoms with Crippen molar-refractivity contribution in [2.75, 3.05) is 12.8 Å². The Hall–Kier alpha value is -1.56. The number of hydrogen-bond donors (Lipinski definition) is 1. The van der Waals surface area contributed by atoms with Crippen molar-refractivity contribution in [1.29, 1.82) is 0 Å². The van der Waals surface area contributed by atoms with Crippen molar-refractivity contribution in [3.05, 3.63) is 28.7 Å². The highest BCUT2D eigenvalue weighted by Crippen LogP contribution is 2.22. The molecule has 2 rings (SSSR count). The summed E-state index contributed by atoms with van der Waals surface area (Å²) in [5.74, 6) is 0.291. The molecule has 6 heteroatoms. The third kappa shape index (κ3) is 1.80. The number of nitrogens with two attached hydrogens (primary N) is 1. The highest BCUT2D eigenvalue weighted by atomic mass is 79.9. The monoisotopic (exact) mass is 268 g/mol. The first-order valence-electron chi connectivity index (χ1n) is 4.24. The molecule has 2 aromatic rings. The Morgan fingerprint density at radius 1 is 1.40 bits per heavy atom. The van der Waals surface area contributed by atoms with Gasteiger partial charge >= 0.3 is 6.01 Å². The quantitative estimate of drug-likeness (QED) is 0.899. The van der Waals surface area contributed by atoms with Gasteiger partial charge in [-0.1, -0.05) is 12.1 Å². The maximum atomic E-state index is 5.71. The van der Waals surface area contributed by atoms with E-state index in [-0.39, 0.29) is 6.01 Å². The Kier molecular flexibility index (Phi) is 2.59. The fraction of sp³-hybridized carbons (Fsp3) is 0.111. The first-order valence-corrected chi connectivity index (χ1v) is 5.03. The fourth-order valence-electron chi connectivity index (χ4n) is 1.19. The zero-order chi connectivity index (χ0) is 10.8. The Morgan fingerprint density at radius 2 is 2.13 bits per heavy atom. The highest BCUT2D eigenvalue weighted by Gasteiger charge is 2.10. The van der Waals surface area contributed by atoms with E-state index in [1.807, 2.05) is 24.3 Å². The average molecular weight is 269 g/mol. The summed E-state index contributed by atoms with van der Waals surface area (Å²) in [7, 11) is 1.50. The molecule has 0 spiro atoms. The lowest BCUT2D eigenvalue weighted by atomic mass is 10.3. The summed E-state index contributed by atoms with van der Waals surface area (Å²) in [6.45, 7) is 0. The van der Waals surface area contributed by atoms with E-state index < -0.39 is 0 Å². The first kappa shape index (κ1) is 9.97. The molecule has 0 saturated heterocycles. The van der Waals surface area contributed by atoms with Crippen LogP contribution in [-0.4, -0.2) is 21.9 Å². The molecular weight excluding hydrogens is 260 g/mol. The molecule has 2 N–H and O–H groups in total. The summed E-state index contributed by atoms with van der Waals surface area (Å²) in [6, 6.07) is 7.85. The lowest BCUT2D eigenvalue weighted by molar-refractivity contribution is 0.380. The Balaban J connectivity index is 2.54. The smallest absolute Gasteiger partial charge is 0.337 e. The topological polar surface area (TPSA) is 66.0 Å². The Bertz CT molecular complexity index is 483. The van der Waals surface area contributed by atoms with E-state index in [4.69, 9.17) is 10.5 Å². The van der Waals surface area contributed by atoms with Crippen molar-refractivity contribution < 1.29 is 4.74 Å². The van der Waals surface area contributed by atoms with E-state index in [0.29, 0.717) is 5.95 Å². The molecule has 78 valence electrons. The lowest BCUT2D eigenvalue weighted by Gasteiger charge is -2.03. The molecule has 0 amide bonds. The zero-order valence-corrected chi connectivity index (χ0v) is 9.60. The van der Waals surface area contributed by atoms with E-state index in [0.717, 1.165) is 10.2 Å². The fourth-order valence-corrected chi connectivity index (χ4v) is 1.64. The van der Waals surface area contributed by atoms with Crippen LogP contribution >= 0.6 is 15.9 Å². The highest BCUT2D eigenvalue weighted by molar-refractivity contribution is 9.10. The zero-order valence-electron chi connectivity index (χ0n) is 8.01. The molecule has 0 saturated carbocycles. The molecule has 0 bridgehead atoms. The van der Waals surface area contributed by atoms with Gasteiger partial charge in [0.1, 0.15) is 0 Å². The van der Waals surface area contributed by atoms with Gasteiger partial charge in [0, 0.05) is 4.47 Å². The summed E-state index contributed by atoms with van der Waals surface area (Å²) in [4.78, 5) is 3.93. The first-order chi connectivity index (χ1) is 7.22. The van der Waals surface area contributed by atoms with Gasteiger partial charge in [0.25, 0.3) is 0 Å². The van der Waals surface area contributed by atoms with Gasteiger partial charge in [-0.3, -0.25) is 0 Å². The molecule has 15 heavy (non-hydrogen) atoms.